The van der Waals surface area contributed by atoms with Gasteiger partial charge in [-0.2, -0.15) is 0 Å². The molecule has 2 N–H and O–H groups in total. The van der Waals surface area contributed by atoms with Crippen LogP contribution in [0, 0.1) is 0 Å². The van der Waals surface area contributed by atoms with E-state index in [-0.39, 0.29) is 0 Å². The van der Waals surface area contributed by atoms with Crippen LogP contribution in [-0.4, -0.2) is 5.16 Å². The first-order chi connectivity index (χ1) is 8.24. The third-order valence-electron chi connectivity index (χ3n) is 2.61. The molecule has 1 aromatic heterocycles. The van der Waals surface area contributed by atoms with E-state index in [9.17, 15) is 0 Å². The van der Waals surface area contributed by atoms with Crippen LogP contribution in [0.5, 0.6) is 0 Å². The first-order valence-electron chi connectivity index (χ1n) is 5.15. The SMILES string of the molecule is Nc1ccc(-c2onc3ccc(Cl)cc23)cc1. The van der Waals surface area contributed by atoms with Crippen LogP contribution in [0.15, 0.2) is 47.0 Å². The summed E-state index contributed by atoms with van der Waals surface area (Å²) in [5.74, 6) is 0.711. The molecule has 0 aliphatic heterocycles. The van der Waals surface area contributed by atoms with Crippen molar-refractivity contribution in [2.24, 2.45) is 0 Å². The molecule has 0 saturated carbocycles. The van der Waals surface area contributed by atoms with Gasteiger partial charge in [0.05, 0.1) is 5.39 Å². The van der Waals surface area contributed by atoms with Crippen LogP contribution in [0.2, 0.25) is 5.02 Å². The zero-order chi connectivity index (χ0) is 11.8. The molecule has 0 radical (unpaired) electrons. The van der Waals surface area contributed by atoms with Crippen molar-refractivity contribution in [3.8, 4) is 11.3 Å². The average Bonchev–Trinajstić information content (AvgIpc) is 2.73. The molecule has 0 amide bonds. The second kappa shape index (κ2) is 3.79. The van der Waals surface area contributed by atoms with Gasteiger partial charge in [-0.05, 0) is 42.5 Å². The lowest BCUT2D eigenvalue weighted by molar-refractivity contribution is 0.441. The lowest BCUT2D eigenvalue weighted by Gasteiger charge is -1.97. The van der Waals surface area contributed by atoms with E-state index in [0.717, 1.165) is 22.2 Å². The average molecular weight is 245 g/mol. The minimum atomic E-state index is 0.664. The molecule has 0 aliphatic carbocycles. The molecule has 2 aromatic carbocycles. The molecule has 84 valence electrons. The summed E-state index contributed by atoms with van der Waals surface area (Å²) in [6.07, 6.45) is 0. The van der Waals surface area contributed by atoms with Crippen LogP contribution in [-0.2, 0) is 0 Å². The number of hydrogen-bond donors (Lipinski definition) is 1. The fraction of sp³-hybridized carbons (Fsp3) is 0. The first kappa shape index (κ1) is 10.2. The van der Waals surface area contributed by atoms with Crippen molar-refractivity contribution < 1.29 is 4.52 Å². The number of fused-ring (bicyclic) bond motifs is 1. The van der Waals surface area contributed by atoms with E-state index in [0.29, 0.717) is 10.8 Å². The van der Waals surface area contributed by atoms with Crippen molar-refractivity contribution in [3.63, 3.8) is 0 Å². The molecular weight excluding hydrogens is 236 g/mol. The Kier molecular flexibility index (Phi) is 2.27. The van der Waals surface area contributed by atoms with Crippen molar-refractivity contribution in [1.29, 1.82) is 0 Å². The first-order valence-corrected chi connectivity index (χ1v) is 5.53. The lowest BCUT2D eigenvalue weighted by atomic mass is 10.1. The number of benzene rings is 2. The fourth-order valence-corrected chi connectivity index (χ4v) is 1.93. The molecule has 0 atom stereocenters. The minimum Gasteiger partial charge on any atom is -0.399 e. The quantitative estimate of drug-likeness (QED) is 0.664. The zero-order valence-corrected chi connectivity index (χ0v) is 9.61. The third-order valence-corrected chi connectivity index (χ3v) is 2.85. The standard InChI is InChI=1S/C13H9ClN2O/c14-9-3-6-12-11(7-9)13(17-16-12)8-1-4-10(15)5-2-8/h1-7H,15H2. The normalized spacial score (nSPS) is 10.9. The Morgan fingerprint density at radius 3 is 2.59 bits per heavy atom. The molecular formula is C13H9ClN2O. The van der Waals surface area contributed by atoms with E-state index in [4.69, 9.17) is 21.9 Å². The van der Waals surface area contributed by atoms with Gasteiger partial charge in [0.2, 0.25) is 0 Å². The second-order valence-corrected chi connectivity index (χ2v) is 4.23. The molecule has 4 heteroatoms. The summed E-state index contributed by atoms with van der Waals surface area (Å²) in [6.45, 7) is 0. The van der Waals surface area contributed by atoms with E-state index in [1.165, 1.54) is 0 Å². The fourth-order valence-electron chi connectivity index (χ4n) is 1.76. The van der Waals surface area contributed by atoms with Gasteiger partial charge >= 0.3 is 0 Å². The molecule has 17 heavy (non-hydrogen) atoms. The molecule has 1 heterocycles. The molecule has 3 aromatic rings. The molecule has 3 rings (SSSR count). The van der Waals surface area contributed by atoms with Gasteiger partial charge in [0.1, 0.15) is 5.52 Å². The van der Waals surface area contributed by atoms with Crippen LogP contribution in [0.4, 0.5) is 5.69 Å². The lowest BCUT2D eigenvalue weighted by Crippen LogP contribution is -1.83. The number of halogens is 1. The van der Waals surface area contributed by atoms with Crippen molar-refractivity contribution in [1.82, 2.24) is 5.16 Å². The summed E-state index contributed by atoms with van der Waals surface area (Å²) in [6, 6.07) is 12.9. The van der Waals surface area contributed by atoms with Crippen molar-refractivity contribution in [3.05, 3.63) is 47.5 Å². The van der Waals surface area contributed by atoms with Gasteiger partial charge in [0.15, 0.2) is 5.76 Å². The van der Waals surface area contributed by atoms with Gasteiger partial charge in [-0.25, -0.2) is 0 Å². The van der Waals surface area contributed by atoms with Gasteiger partial charge in [0, 0.05) is 16.3 Å². The summed E-state index contributed by atoms with van der Waals surface area (Å²) < 4.78 is 5.35. The highest BCUT2D eigenvalue weighted by Crippen LogP contribution is 2.30. The summed E-state index contributed by atoms with van der Waals surface area (Å²) in [5, 5.41) is 5.56. The van der Waals surface area contributed by atoms with Crippen LogP contribution in [0.1, 0.15) is 0 Å². The molecule has 0 aliphatic rings. The summed E-state index contributed by atoms with van der Waals surface area (Å²) in [7, 11) is 0. The van der Waals surface area contributed by atoms with E-state index >= 15 is 0 Å². The predicted octanol–water partition coefficient (Wildman–Crippen LogP) is 3.73. The summed E-state index contributed by atoms with van der Waals surface area (Å²) in [5.41, 5.74) is 8.09. The smallest absolute Gasteiger partial charge is 0.174 e. The van der Waals surface area contributed by atoms with Crippen molar-refractivity contribution in [2.75, 3.05) is 5.73 Å². The summed E-state index contributed by atoms with van der Waals surface area (Å²) in [4.78, 5) is 0. The molecule has 0 saturated heterocycles. The highest BCUT2D eigenvalue weighted by molar-refractivity contribution is 6.31. The Bertz CT molecular complexity index is 673. The number of nitrogens with two attached hydrogens (primary N) is 1. The van der Waals surface area contributed by atoms with Gasteiger partial charge < -0.3 is 10.3 Å². The Hall–Kier alpha value is -2.00. The molecule has 0 spiro atoms. The van der Waals surface area contributed by atoms with Gasteiger partial charge in [-0.1, -0.05) is 16.8 Å². The highest BCUT2D eigenvalue weighted by Gasteiger charge is 2.10. The number of anilines is 1. The summed E-state index contributed by atoms with van der Waals surface area (Å²) >= 11 is 5.97. The molecule has 0 fully saturated rings. The number of aromatic nitrogens is 1. The molecule has 3 nitrogen and oxygen atoms in total. The Balaban J connectivity index is 2.23. The monoisotopic (exact) mass is 244 g/mol. The van der Waals surface area contributed by atoms with Crippen LogP contribution in [0.3, 0.4) is 0 Å². The predicted molar refractivity (Wildman–Crippen MR) is 68.9 cm³/mol. The zero-order valence-electron chi connectivity index (χ0n) is 8.85. The van der Waals surface area contributed by atoms with Crippen LogP contribution in [0.25, 0.3) is 22.2 Å². The molecule has 0 unspecified atom stereocenters. The van der Waals surface area contributed by atoms with Gasteiger partial charge in [-0.15, -0.1) is 0 Å². The van der Waals surface area contributed by atoms with E-state index < -0.39 is 0 Å². The van der Waals surface area contributed by atoms with E-state index in [2.05, 4.69) is 5.16 Å². The van der Waals surface area contributed by atoms with E-state index in [1.807, 2.05) is 36.4 Å². The van der Waals surface area contributed by atoms with Gasteiger partial charge in [-0.3, -0.25) is 0 Å². The van der Waals surface area contributed by atoms with Crippen LogP contribution < -0.4 is 5.73 Å². The number of rotatable bonds is 1. The number of nitrogens with zero attached hydrogens (tertiary/aromatic N) is 1. The van der Waals surface area contributed by atoms with Crippen LogP contribution >= 0.6 is 11.6 Å². The maximum atomic E-state index is 5.97. The van der Waals surface area contributed by atoms with Crippen molar-refractivity contribution >= 4 is 28.2 Å². The van der Waals surface area contributed by atoms with Gasteiger partial charge in [0.25, 0.3) is 0 Å². The maximum absolute atomic E-state index is 5.97. The van der Waals surface area contributed by atoms with Crippen molar-refractivity contribution in [2.45, 2.75) is 0 Å². The Morgan fingerprint density at radius 1 is 1.06 bits per heavy atom. The Morgan fingerprint density at radius 2 is 1.82 bits per heavy atom. The molecule has 0 bridgehead atoms. The number of nitrogen functional groups attached to an aromatic ring is 1. The second-order valence-electron chi connectivity index (χ2n) is 3.80. The minimum absolute atomic E-state index is 0.664. The third kappa shape index (κ3) is 1.74. The largest absolute Gasteiger partial charge is 0.399 e. The van der Waals surface area contributed by atoms with E-state index in [1.54, 1.807) is 6.07 Å². The topological polar surface area (TPSA) is 52.0 Å². The number of hydrogen-bond acceptors (Lipinski definition) is 3. The maximum Gasteiger partial charge on any atom is 0.174 e. The highest BCUT2D eigenvalue weighted by atomic mass is 35.5. The Labute approximate surface area is 103 Å².